The molecule has 26 heavy (non-hydrogen) atoms. The molecule has 9 heteroatoms. The fraction of sp³-hybridized carbons (Fsp3) is 0.235. The fourth-order valence-corrected chi connectivity index (χ4v) is 2.71. The number of hydrogen-bond acceptors (Lipinski definition) is 5. The van der Waals surface area contributed by atoms with Gasteiger partial charge in [0, 0.05) is 30.3 Å². The monoisotopic (exact) mass is 398 g/mol. The zero-order valence-corrected chi connectivity index (χ0v) is 15.3. The third-order valence-electron chi connectivity index (χ3n) is 3.53. The Bertz CT molecular complexity index is 963. The number of rotatable bonds is 7. The molecule has 0 saturated heterocycles. The van der Waals surface area contributed by atoms with Gasteiger partial charge in [-0.05, 0) is 36.3 Å². The molecule has 0 amide bonds. The number of hydrogen-bond donors (Lipinski definition) is 2. The van der Waals surface area contributed by atoms with Crippen LogP contribution in [-0.2, 0) is 11.3 Å². The summed E-state index contributed by atoms with van der Waals surface area (Å²) in [5, 5.41) is 11.0. The highest BCUT2D eigenvalue weighted by Gasteiger charge is 2.19. The van der Waals surface area contributed by atoms with Crippen LogP contribution in [0.4, 0.5) is 0 Å². The Kier molecular flexibility index (Phi) is 6.79. The van der Waals surface area contributed by atoms with Crippen molar-refractivity contribution in [1.82, 2.24) is 9.55 Å². The minimum absolute atomic E-state index is 0.0856. The SMILES string of the molecule is COCCCn1c(O)c(C(=O)/C=C/c2ccc(Cl)cc2Cl)c(=O)[nH]c1=O. The summed E-state index contributed by atoms with van der Waals surface area (Å²) in [6, 6.07) is 4.70. The molecule has 0 fully saturated rings. The molecule has 0 aliphatic heterocycles. The highest BCUT2D eigenvalue weighted by atomic mass is 35.5. The Labute approximate surface area is 158 Å². The number of allylic oxidation sites excluding steroid dienone is 1. The van der Waals surface area contributed by atoms with Crippen molar-refractivity contribution in [3.63, 3.8) is 0 Å². The van der Waals surface area contributed by atoms with Crippen molar-refractivity contribution in [3.8, 4) is 5.88 Å². The molecule has 1 aromatic heterocycles. The summed E-state index contributed by atoms with van der Waals surface area (Å²) in [5.41, 5.74) is -1.78. The summed E-state index contributed by atoms with van der Waals surface area (Å²) in [6.07, 6.45) is 2.89. The summed E-state index contributed by atoms with van der Waals surface area (Å²) < 4.78 is 5.80. The number of aromatic nitrogens is 2. The standard InChI is InChI=1S/C17H16Cl2N2O5/c1-26-8-2-7-21-16(24)14(15(23)20-17(21)25)13(22)6-4-10-3-5-11(18)9-12(10)19/h3-6,9,24H,2,7-8H2,1H3,(H,20,23,25)/b6-4+. The minimum Gasteiger partial charge on any atom is -0.494 e. The normalized spacial score (nSPS) is 11.2. The zero-order chi connectivity index (χ0) is 19.3. The molecule has 0 atom stereocenters. The predicted molar refractivity (Wildman–Crippen MR) is 99.3 cm³/mol. The number of halogens is 2. The van der Waals surface area contributed by atoms with Crippen LogP contribution < -0.4 is 11.2 Å². The van der Waals surface area contributed by atoms with Gasteiger partial charge < -0.3 is 9.84 Å². The smallest absolute Gasteiger partial charge is 0.331 e. The van der Waals surface area contributed by atoms with Gasteiger partial charge in [-0.2, -0.15) is 0 Å². The van der Waals surface area contributed by atoms with E-state index in [4.69, 9.17) is 27.9 Å². The van der Waals surface area contributed by atoms with E-state index < -0.39 is 28.5 Å². The van der Waals surface area contributed by atoms with Crippen LogP contribution in [0.5, 0.6) is 5.88 Å². The highest BCUT2D eigenvalue weighted by molar-refractivity contribution is 6.35. The maximum atomic E-state index is 12.4. The van der Waals surface area contributed by atoms with Crippen LogP contribution in [-0.4, -0.2) is 34.2 Å². The number of carbonyl (C=O) groups is 1. The number of nitrogens with zero attached hydrogens (tertiary/aromatic N) is 1. The Balaban J connectivity index is 2.36. The molecule has 0 aliphatic rings. The lowest BCUT2D eigenvalue weighted by molar-refractivity contribution is 0.104. The first-order valence-electron chi connectivity index (χ1n) is 7.57. The van der Waals surface area contributed by atoms with Gasteiger partial charge in [-0.25, -0.2) is 4.79 Å². The van der Waals surface area contributed by atoms with E-state index in [-0.39, 0.29) is 6.54 Å². The number of ether oxygens (including phenoxy) is 1. The maximum Gasteiger partial charge on any atom is 0.331 e. The van der Waals surface area contributed by atoms with Crippen LogP contribution in [0.3, 0.4) is 0 Å². The third kappa shape index (κ3) is 4.63. The fourth-order valence-electron chi connectivity index (χ4n) is 2.24. The van der Waals surface area contributed by atoms with Gasteiger partial charge in [0.15, 0.2) is 5.78 Å². The topological polar surface area (TPSA) is 101 Å². The van der Waals surface area contributed by atoms with Crippen molar-refractivity contribution in [2.24, 2.45) is 0 Å². The molecule has 2 N–H and O–H groups in total. The van der Waals surface area contributed by atoms with Gasteiger partial charge in [0.1, 0.15) is 5.56 Å². The largest absolute Gasteiger partial charge is 0.494 e. The van der Waals surface area contributed by atoms with E-state index in [0.717, 1.165) is 10.6 Å². The number of benzene rings is 1. The van der Waals surface area contributed by atoms with Crippen LogP contribution in [0, 0.1) is 0 Å². The van der Waals surface area contributed by atoms with Crippen molar-refractivity contribution >= 4 is 35.1 Å². The molecule has 0 unspecified atom stereocenters. The summed E-state index contributed by atoms with van der Waals surface area (Å²) in [4.78, 5) is 38.2. The molecule has 0 saturated carbocycles. The number of carbonyl (C=O) groups excluding carboxylic acids is 1. The first-order valence-corrected chi connectivity index (χ1v) is 8.33. The van der Waals surface area contributed by atoms with Gasteiger partial charge >= 0.3 is 5.69 Å². The predicted octanol–water partition coefficient (Wildman–Crippen LogP) is 2.48. The van der Waals surface area contributed by atoms with Gasteiger partial charge in [0.05, 0.1) is 0 Å². The van der Waals surface area contributed by atoms with Crippen molar-refractivity contribution in [1.29, 1.82) is 0 Å². The van der Waals surface area contributed by atoms with Gasteiger partial charge in [-0.1, -0.05) is 29.3 Å². The molecule has 1 aromatic carbocycles. The molecule has 0 bridgehead atoms. The number of ketones is 1. The number of H-pyrrole nitrogens is 1. The summed E-state index contributed by atoms with van der Waals surface area (Å²) in [5.74, 6) is -1.46. The Morgan fingerprint density at radius 2 is 2.08 bits per heavy atom. The molecular weight excluding hydrogens is 383 g/mol. The lowest BCUT2D eigenvalue weighted by Gasteiger charge is -2.09. The minimum atomic E-state index is -0.965. The second-order valence-corrected chi connectivity index (χ2v) is 6.16. The molecule has 0 radical (unpaired) electrons. The zero-order valence-electron chi connectivity index (χ0n) is 13.8. The van der Waals surface area contributed by atoms with Crippen molar-refractivity contribution in [2.75, 3.05) is 13.7 Å². The second-order valence-electron chi connectivity index (χ2n) is 5.32. The van der Waals surface area contributed by atoms with E-state index in [1.54, 1.807) is 12.1 Å². The first-order chi connectivity index (χ1) is 12.3. The number of aromatic hydroxyl groups is 1. The van der Waals surface area contributed by atoms with Crippen LogP contribution in [0.15, 0.2) is 33.9 Å². The Morgan fingerprint density at radius 3 is 2.73 bits per heavy atom. The Hall–Kier alpha value is -2.35. The van der Waals surface area contributed by atoms with Gasteiger partial charge in [0.2, 0.25) is 5.88 Å². The summed E-state index contributed by atoms with van der Waals surface area (Å²) in [6.45, 7) is 0.436. The van der Waals surface area contributed by atoms with Gasteiger partial charge in [0.25, 0.3) is 5.56 Å². The van der Waals surface area contributed by atoms with Crippen molar-refractivity contribution in [3.05, 3.63) is 66.3 Å². The first kappa shape index (κ1) is 20.0. The van der Waals surface area contributed by atoms with E-state index in [2.05, 4.69) is 0 Å². The second kappa shape index (κ2) is 8.84. The van der Waals surface area contributed by atoms with Crippen LogP contribution >= 0.6 is 23.2 Å². The lowest BCUT2D eigenvalue weighted by atomic mass is 10.1. The maximum absolute atomic E-state index is 12.4. The van der Waals surface area contributed by atoms with Gasteiger partial charge in [-0.3, -0.25) is 19.1 Å². The molecule has 138 valence electrons. The molecule has 1 heterocycles. The Morgan fingerprint density at radius 1 is 1.35 bits per heavy atom. The van der Waals surface area contributed by atoms with Crippen LogP contribution in [0.2, 0.25) is 10.0 Å². The van der Waals surface area contributed by atoms with E-state index in [1.165, 1.54) is 19.3 Å². The van der Waals surface area contributed by atoms with E-state index >= 15 is 0 Å². The van der Waals surface area contributed by atoms with Crippen molar-refractivity contribution < 1.29 is 14.6 Å². The number of nitrogens with one attached hydrogen (secondary N) is 1. The van der Waals surface area contributed by atoms with E-state index in [0.29, 0.717) is 28.6 Å². The van der Waals surface area contributed by atoms with E-state index in [9.17, 15) is 19.5 Å². The highest BCUT2D eigenvalue weighted by Crippen LogP contribution is 2.22. The molecule has 0 aliphatic carbocycles. The molecule has 2 rings (SSSR count). The van der Waals surface area contributed by atoms with E-state index in [1.807, 2.05) is 4.98 Å². The van der Waals surface area contributed by atoms with Crippen LogP contribution in [0.25, 0.3) is 6.08 Å². The third-order valence-corrected chi connectivity index (χ3v) is 4.09. The number of methoxy groups -OCH3 is 1. The van der Waals surface area contributed by atoms with Gasteiger partial charge in [-0.15, -0.1) is 0 Å². The van der Waals surface area contributed by atoms with Crippen molar-refractivity contribution in [2.45, 2.75) is 13.0 Å². The van der Waals surface area contributed by atoms with Crippen LogP contribution in [0.1, 0.15) is 22.3 Å². The number of aromatic amines is 1. The lowest BCUT2D eigenvalue weighted by Crippen LogP contribution is -2.33. The summed E-state index contributed by atoms with van der Waals surface area (Å²) >= 11 is 11.8. The summed E-state index contributed by atoms with van der Waals surface area (Å²) in [7, 11) is 1.50. The quantitative estimate of drug-likeness (QED) is 0.423. The molecule has 0 spiro atoms. The molecule has 7 nitrogen and oxygen atoms in total. The molecular formula is C17H16Cl2N2O5. The average Bonchev–Trinajstić information content (AvgIpc) is 2.57. The molecule has 2 aromatic rings. The average molecular weight is 399 g/mol.